The van der Waals surface area contributed by atoms with Crippen LogP contribution in [0.15, 0.2) is 18.2 Å². The van der Waals surface area contributed by atoms with Crippen LogP contribution in [-0.4, -0.2) is 26.1 Å². The Hall–Kier alpha value is -1.59. The zero-order valence-corrected chi connectivity index (χ0v) is 12.5. The predicted octanol–water partition coefficient (Wildman–Crippen LogP) is 3.45. The van der Waals surface area contributed by atoms with Gasteiger partial charge in [-0.3, -0.25) is 0 Å². The molecule has 0 saturated heterocycles. The molecule has 0 amide bonds. The SMILES string of the molecule is CC(C)c1c(C(=O)O)nnn1Cc1cccc(Cl)c1Cl. The Bertz CT molecular complexity index is 653. The third-order valence-electron chi connectivity index (χ3n) is 2.87. The number of carboxylic acid groups (broad SMARTS) is 1. The van der Waals surface area contributed by atoms with Gasteiger partial charge in [-0.2, -0.15) is 0 Å². The number of aromatic carboxylic acids is 1. The molecule has 0 aliphatic rings. The van der Waals surface area contributed by atoms with Gasteiger partial charge in [0.15, 0.2) is 5.69 Å². The maximum absolute atomic E-state index is 11.2. The lowest BCUT2D eigenvalue weighted by molar-refractivity contribution is 0.0688. The van der Waals surface area contributed by atoms with Crippen molar-refractivity contribution in [1.82, 2.24) is 15.0 Å². The van der Waals surface area contributed by atoms with Crippen molar-refractivity contribution in [3.63, 3.8) is 0 Å². The lowest BCUT2D eigenvalue weighted by Gasteiger charge is -2.11. The van der Waals surface area contributed by atoms with E-state index in [0.717, 1.165) is 5.56 Å². The summed E-state index contributed by atoms with van der Waals surface area (Å²) in [4.78, 5) is 11.2. The van der Waals surface area contributed by atoms with E-state index >= 15 is 0 Å². The van der Waals surface area contributed by atoms with Gasteiger partial charge in [-0.25, -0.2) is 9.48 Å². The number of aromatic nitrogens is 3. The standard InChI is InChI=1S/C13H13Cl2N3O2/c1-7(2)12-11(13(19)20)16-17-18(12)6-8-4-3-5-9(14)10(8)15/h3-5,7H,6H2,1-2H3,(H,19,20). The Kier molecular flexibility index (Phi) is 4.30. The second-order valence-corrected chi connectivity index (χ2v) is 5.44. The highest BCUT2D eigenvalue weighted by molar-refractivity contribution is 6.42. The molecule has 0 saturated carbocycles. The molecule has 7 heteroatoms. The quantitative estimate of drug-likeness (QED) is 0.938. The first kappa shape index (κ1) is 14.8. The van der Waals surface area contributed by atoms with Gasteiger partial charge < -0.3 is 5.11 Å². The van der Waals surface area contributed by atoms with Crippen LogP contribution >= 0.6 is 23.2 Å². The van der Waals surface area contributed by atoms with Crippen molar-refractivity contribution in [2.45, 2.75) is 26.3 Å². The van der Waals surface area contributed by atoms with Gasteiger partial charge in [-0.05, 0) is 17.5 Å². The number of benzene rings is 1. The highest BCUT2D eigenvalue weighted by Crippen LogP contribution is 2.27. The van der Waals surface area contributed by atoms with Crippen LogP contribution in [0.3, 0.4) is 0 Å². The lowest BCUT2D eigenvalue weighted by atomic mass is 10.1. The number of hydrogen-bond donors (Lipinski definition) is 1. The summed E-state index contributed by atoms with van der Waals surface area (Å²) in [5.74, 6) is -1.11. The summed E-state index contributed by atoms with van der Waals surface area (Å²) < 4.78 is 1.55. The zero-order chi connectivity index (χ0) is 14.9. The number of carbonyl (C=O) groups is 1. The van der Waals surface area contributed by atoms with E-state index in [2.05, 4.69) is 10.3 Å². The second-order valence-electron chi connectivity index (χ2n) is 4.65. The smallest absolute Gasteiger partial charge is 0.358 e. The van der Waals surface area contributed by atoms with Gasteiger partial charge in [-0.15, -0.1) is 5.10 Å². The highest BCUT2D eigenvalue weighted by Gasteiger charge is 2.22. The van der Waals surface area contributed by atoms with Crippen LogP contribution in [0.1, 0.15) is 41.5 Å². The van der Waals surface area contributed by atoms with E-state index < -0.39 is 5.97 Å². The van der Waals surface area contributed by atoms with Crippen LogP contribution in [0.25, 0.3) is 0 Å². The summed E-state index contributed by atoms with van der Waals surface area (Å²) >= 11 is 12.1. The Labute approximate surface area is 126 Å². The summed E-state index contributed by atoms with van der Waals surface area (Å²) in [6, 6.07) is 5.30. The Balaban J connectivity index is 2.44. The van der Waals surface area contributed by atoms with E-state index in [-0.39, 0.29) is 11.6 Å². The first-order valence-corrected chi connectivity index (χ1v) is 6.77. The van der Waals surface area contributed by atoms with Gasteiger partial charge in [0.1, 0.15) is 0 Å². The van der Waals surface area contributed by atoms with E-state index in [1.807, 2.05) is 19.9 Å². The molecule has 1 aromatic carbocycles. The van der Waals surface area contributed by atoms with Crippen molar-refractivity contribution >= 4 is 29.2 Å². The fourth-order valence-corrected chi connectivity index (χ4v) is 2.37. The van der Waals surface area contributed by atoms with Crippen LogP contribution in [0.4, 0.5) is 0 Å². The number of nitrogens with zero attached hydrogens (tertiary/aromatic N) is 3. The minimum atomic E-state index is -1.09. The molecular weight excluding hydrogens is 301 g/mol. The lowest BCUT2D eigenvalue weighted by Crippen LogP contribution is -2.11. The van der Waals surface area contributed by atoms with Crippen LogP contribution in [-0.2, 0) is 6.54 Å². The highest BCUT2D eigenvalue weighted by atomic mass is 35.5. The molecule has 0 atom stereocenters. The third kappa shape index (κ3) is 2.78. The molecule has 0 unspecified atom stereocenters. The molecule has 0 aliphatic carbocycles. The van der Waals surface area contributed by atoms with Gasteiger partial charge in [0, 0.05) is 0 Å². The zero-order valence-electron chi connectivity index (χ0n) is 11.0. The average Bonchev–Trinajstić information content (AvgIpc) is 2.79. The summed E-state index contributed by atoms with van der Waals surface area (Å²) in [6.45, 7) is 4.11. The van der Waals surface area contributed by atoms with E-state index in [4.69, 9.17) is 28.3 Å². The van der Waals surface area contributed by atoms with E-state index in [1.54, 1.807) is 16.8 Å². The molecule has 0 spiro atoms. The Morgan fingerprint density at radius 2 is 2.10 bits per heavy atom. The summed E-state index contributed by atoms with van der Waals surface area (Å²) in [5.41, 5.74) is 1.30. The fraction of sp³-hybridized carbons (Fsp3) is 0.308. The fourth-order valence-electron chi connectivity index (χ4n) is 1.99. The van der Waals surface area contributed by atoms with Gasteiger partial charge >= 0.3 is 5.97 Å². The number of carboxylic acids is 1. The van der Waals surface area contributed by atoms with Crippen molar-refractivity contribution in [1.29, 1.82) is 0 Å². The van der Waals surface area contributed by atoms with Crippen molar-refractivity contribution < 1.29 is 9.90 Å². The Morgan fingerprint density at radius 3 is 2.70 bits per heavy atom. The van der Waals surface area contributed by atoms with Crippen LogP contribution in [0.5, 0.6) is 0 Å². The first-order valence-electron chi connectivity index (χ1n) is 6.01. The van der Waals surface area contributed by atoms with Gasteiger partial charge in [0.05, 0.1) is 22.3 Å². The summed E-state index contributed by atoms with van der Waals surface area (Å²) in [5, 5.41) is 17.7. The largest absolute Gasteiger partial charge is 0.476 e. The molecule has 0 radical (unpaired) electrons. The summed E-state index contributed by atoms with van der Waals surface area (Å²) in [6.07, 6.45) is 0. The number of hydrogen-bond acceptors (Lipinski definition) is 3. The van der Waals surface area contributed by atoms with Gasteiger partial charge in [-0.1, -0.05) is 54.4 Å². The maximum atomic E-state index is 11.2. The molecule has 1 N–H and O–H groups in total. The van der Waals surface area contributed by atoms with Crippen molar-refractivity contribution in [2.24, 2.45) is 0 Å². The monoisotopic (exact) mass is 313 g/mol. The second kappa shape index (κ2) is 5.81. The van der Waals surface area contributed by atoms with Crippen molar-refractivity contribution in [3.8, 4) is 0 Å². The van der Waals surface area contributed by atoms with Crippen molar-refractivity contribution in [2.75, 3.05) is 0 Å². The van der Waals surface area contributed by atoms with Gasteiger partial charge in [0.2, 0.25) is 0 Å². The molecule has 0 fully saturated rings. The average molecular weight is 314 g/mol. The molecule has 2 aromatic rings. The molecule has 1 aromatic heterocycles. The van der Waals surface area contributed by atoms with Crippen molar-refractivity contribution in [3.05, 3.63) is 45.2 Å². The van der Waals surface area contributed by atoms with E-state index in [9.17, 15) is 4.79 Å². The third-order valence-corrected chi connectivity index (χ3v) is 3.73. The molecule has 5 nitrogen and oxygen atoms in total. The Morgan fingerprint density at radius 1 is 1.40 bits per heavy atom. The van der Waals surface area contributed by atoms with Crippen LogP contribution < -0.4 is 0 Å². The molecule has 106 valence electrons. The van der Waals surface area contributed by atoms with Crippen LogP contribution in [0, 0.1) is 0 Å². The van der Waals surface area contributed by atoms with Gasteiger partial charge in [0.25, 0.3) is 0 Å². The molecule has 1 heterocycles. The maximum Gasteiger partial charge on any atom is 0.358 e. The normalized spacial score (nSPS) is 11.1. The minimum absolute atomic E-state index is 0.0194. The topological polar surface area (TPSA) is 68.0 Å². The van der Waals surface area contributed by atoms with E-state index in [1.165, 1.54) is 0 Å². The predicted molar refractivity (Wildman–Crippen MR) is 76.6 cm³/mol. The molecule has 20 heavy (non-hydrogen) atoms. The first-order chi connectivity index (χ1) is 9.41. The van der Waals surface area contributed by atoms with Crippen LogP contribution in [0.2, 0.25) is 10.0 Å². The summed E-state index contributed by atoms with van der Waals surface area (Å²) in [7, 11) is 0. The van der Waals surface area contributed by atoms with E-state index in [0.29, 0.717) is 22.3 Å². The molecule has 0 bridgehead atoms. The number of halogens is 2. The molecular formula is C13H13Cl2N3O2. The minimum Gasteiger partial charge on any atom is -0.476 e. The number of rotatable bonds is 4. The molecule has 2 rings (SSSR count). The molecule has 0 aliphatic heterocycles.